The summed E-state index contributed by atoms with van der Waals surface area (Å²) in [5.41, 5.74) is 1.11. The van der Waals surface area contributed by atoms with Gasteiger partial charge in [-0.05, 0) is 30.2 Å². The molecule has 0 atom stereocenters. The predicted molar refractivity (Wildman–Crippen MR) is 104 cm³/mol. The molecule has 1 aromatic carbocycles. The van der Waals surface area contributed by atoms with Gasteiger partial charge in [0.25, 0.3) is 5.91 Å². The average Bonchev–Trinajstić information content (AvgIpc) is 3.05. The lowest BCUT2D eigenvalue weighted by Gasteiger charge is -2.06. The number of rotatable bonds is 6. The standard InChI is InChI=1S/C19H17F2N3OS2/c1-11(2)16-18(26-10-12-13(20)6-5-7-14(12)21)27-19(23-16)24-17(25)15-8-3-4-9-22-15/h3-9,11H,10H2,1-2H3,(H,23,24,25). The summed E-state index contributed by atoms with van der Waals surface area (Å²) < 4.78 is 28.5. The van der Waals surface area contributed by atoms with Crippen molar-refractivity contribution < 1.29 is 13.6 Å². The number of pyridine rings is 1. The van der Waals surface area contributed by atoms with Crippen molar-refractivity contribution in [2.75, 3.05) is 5.32 Å². The topological polar surface area (TPSA) is 54.9 Å². The summed E-state index contributed by atoms with van der Waals surface area (Å²) in [6, 6.07) is 8.90. The Bertz CT molecular complexity index is 925. The first-order valence-corrected chi connectivity index (χ1v) is 10.0. The highest BCUT2D eigenvalue weighted by molar-refractivity contribution is 8.00. The van der Waals surface area contributed by atoms with Crippen LogP contribution in [0.1, 0.15) is 41.5 Å². The van der Waals surface area contributed by atoms with Gasteiger partial charge in [-0.15, -0.1) is 11.8 Å². The van der Waals surface area contributed by atoms with Crippen LogP contribution < -0.4 is 5.32 Å². The van der Waals surface area contributed by atoms with Crippen LogP contribution in [0.5, 0.6) is 0 Å². The fourth-order valence-corrected chi connectivity index (χ4v) is 4.78. The van der Waals surface area contributed by atoms with Gasteiger partial charge in [-0.3, -0.25) is 15.1 Å². The minimum atomic E-state index is -0.568. The number of carbonyl (C=O) groups excluding carboxylic acids is 1. The molecule has 2 heterocycles. The molecule has 0 radical (unpaired) electrons. The van der Waals surface area contributed by atoms with E-state index in [1.54, 1.807) is 24.4 Å². The normalized spacial score (nSPS) is 11.0. The number of nitrogens with zero attached hydrogens (tertiary/aromatic N) is 2. The fourth-order valence-electron chi connectivity index (χ4n) is 2.31. The Morgan fingerprint density at radius 2 is 1.93 bits per heavy atom. The van der Waals surface area contributed by atoms with Crippen LogP contribution in [0.15, 0.2) is 46.8 Å². The summed E-state index contributed by atoms with van der Waals surface area (Å²) >= 11 is 2.60. The van der Waals surface area contributed by atoms with Crippen LogP contribution in [-0.4, -0.2) is 15.9 Å². The third-order valence-electron chi connectivity index (χ3n) is 3.69. The van der Waals surface area contributed by atoms with E-state index < -0.39 is 11.6 Å². The maximum Gasteiger partial charge on any atom is 0.276 e. The lowest BCUT2D eigenvalue weighted by molar-refractivity contribution is 0.102. The molecule has 0 fully saturated rings. The molecule has 0 saturated heterocycles. The van der Waals surface area contributed by atoms with Gasteiger partial charge in [0.05, 0.1) is 9.90 Å². The Hall–Kier alpha value is -2.32. The van der Waals surface area contributed by atoms with E-state index in [0.717, 1.165) is 9.90 Å². The molecule has 0 aliphatic rings. The Balaban J connectivity index is 1.78. The number of thioether (sulfide) groups is 1. The van der Waals surface area contributed by atoms with E-state index in [4.69, 9.17) is 0 Å². The summed E-state index contributed by atoms with van der Waals surface area (Å²) in [5.74, 6) is -1.23. The first-order valence-electron chi connectivity index (χ1n) is 8.24. The van der Waals surface area contributed by atoms with Crippen molar-refractivity contribution in [2.24, 2.45) is 0 Å². The number of hydrogen-bond acceptors (Lipinski definition) is 5. The summed E-state index contributed by atoms with van der Waals surface area (Å²) in [4.78, 5) is 20.8. The van der Waals surface area contributed by atoms with Gasteiger partial charge in [0, 0.05) is 17.5 Å². The number of aromatic nitrogens is 2. The molecule has 3 rings (SSSR count). The molecule has 3 aromatic rings. The maximum absolute atomic E-state index is 13.8. The molecule has 0 unspecified atom stereocenters. The second-order valence-electron chi connectivity index (χ2n) is 6.00. The van der Waals surface area contributed by atoms with Crippen molar-refractivity contribution in [3.05, 3.63) is 71.2 Å². The van der Waals surface area contributed by atoms with Crippen molar-refractivity contribution in [1.82, 2.24) is 9.97 Å². The molecule has 0 spiro atoms. The molecule has 27 heavy (non-hydrogen) atoms. The van der Waals surface area contributed by atoms with Crippen molar-refractivity contribution in [1.29, 1.82) is 0 Å². The summed E-state index contributed by atoms with van der Waals surface area (Å²) in [6.45, 7) is 3.96. The smallest absolute Gasteiger partial charge is 0.276 e. The van der Waals surface area contributed by atoms with E-state index in [1.807, 2.05) is 13.8 Å². The summed E-state index contributed by atoms with van der Waals surface area (Å²) in [6.07, 6.45) is 1.54. The van der Waals surface area contributed by atoms with Gasteiger partial charge < -0.3 is 0 Å². The zero-order chi connectivity index (χ0) is 19.4. The summed E-state index contributed by atoms with van der Waals surface area (Å²) in [7, 11) is 0. The van der Waals surface area contributed by atoms with E-state index in [0.29, 0.717) is 10.8 Å². The SMILES string of the molecule is CC(C)c1nc(NC(=O)c2ccccn2)sc1SCc1c(F)cccc1F. The van der Waals surface area contributed by atoms with Gasteiger partial charge >= 0.3 is 0 Å². The molecule has 140 valence electrons. The zero-order valence-corrected chi connectivity index (χ0v) is 16.3. The van der Waals surface area contributed by atoms with Crippen LogP contribution in [0.2, 0.25) is 0 Å². The molecule has 2 aromatic heterocycles. The number of anilines is 1. The lowest BCUT2D eigenvalue weighted by Crippen LogP contribution is -2.13. The summed E-state index contributed by atoms with van der Waals surface area (Å²) in [5, 5.41) is 3.18. The minimum absolute atomic E-state index is 0.0321. The van der Waals surface area contributed by atoms with Crippen LogP contribution in [0, 0.1) is 11.6 Å². The number of halogens is 2. The van der Waals surface area contributed by atoms with E-state index in [9.17, 15) is 13.6 Å². The van der Waals surface area contributed by atoms with Crippen molar-refractivity contribution in [3.63, 3.8) is 0 Å². The highest BCUT2D eigenvalue weighted by Gasteiger charge is 2.18. The molecule has 0 saturated carbocycles. The predicted octanol–water partition coefficient (Wildman–Crippen LogP) is 5.48. The second-order valence-corrected chi connectivity index (χ2v) is 8.25. The van der Waals surface area contributed by atoms with Crippen LogP contribution in [0.4, 0.5) is 13.9 Å². The molecule has 8 heteroatoms. The highest BCUT2D eigenvalue weighted by atomic mass is 32.2. The molecular formula is C19H17F2N3OS2. The Morgan fingerprint density at radius 1 is 1.19 bits per heavy atom. The molecular weight excluding hydrogens is 388 g/mol. The number of amides is 1. The minimum Gasteiger partial charge on any atom is -0.296 e. The Morgan fingerprint density at radius 3 is 2.56 bits per heavy atom. The highest BCUT2D eigenvalue weighted by Crippen LogP contribution is 2.38. The Labute approximate surface area is 164 Å². The molecule has 0 aliphatic carbocycles. The quantitative estimate of drug-likeness (QED) is 0.552. The van der Waals surface area contributed by atoms with Gasteiger partial charge in [0.2, 0.25) is 0 Å². The van der Waals surface area contributed by atoms with Crippen LogP contribution >= 0.6 is 23.1 Å². The van der Waals surface area contributed by atoms with Crippen molar-refractivity contribution in [2.45, 2.75) is 29.7 Å². The fraction of sp³-hybridized carbons (Fsp3) is 0.211. The molecule has 1 N–H and O–H groups in total. The van der Waals surface area contributed by atoms with E-state index >= 15 is 0 Å². The number of hydrogen-bond donors (Lipinski definition) is 1. The van der Waals surface area contributed by atoms with Gasteiger partial charge in [-0.2, -0.15) is 0 Å². The van der Waals surface area contributed by atoms with E-state index in [1.165, 1.54) is 41.3 Å². The third-order valence-corrected chi connectivity index (χ3v) is 5.98. The monoisotopic (exact) mass is 405 g/mol. The molecule has 0 bridgehead atoms. The first kappa shape index (κ1) is 19.4. The zero-order valence-electron chi connectivity index (χ0n) is 14.7. The lowest BCUT2D eigenvalue weighted by atomic mass is 10.2. The third kappa shape index (κ3) is 4.70. The Kier molecular flexibility index (Phi) is 6.18. The van der Waals surface area contributed by atoms with Crippen LogP contribution in [0.3, 0.4) is 0 Å². The number of carbonyl (C=O) groups is 1. The van der Waals surface area contributed by atoms with E-state index in [2.05, 4.69) is 15.3 Å². The van der Waals surface area contributed by atoms with Crippen molar-refractivity contribution in [3.8, 4) is 0 Å². The molecule has 4 nitrogen and oxygen atoms in total. The van der Waals surface area contributed by atoms with Crippen LogP contribution in [-0.2, 0) is 5.75 Å². The largest absolute Gasteiger partial charge is 0.296 e. The van der Waals surface area contributed by atoms with Crippen molar-refractivity contribution >= 4 is 34.1 Å². The molecule has 0 aliphatic heterocycles. The second kappa shape index (κ2) is 8.58. The van der Waals surface area contributed by atoms with Crippen LogP contribution in [0.25, 0.3) is 0 Å². The van der Waals surface area contributed by atoms with Gasteiger partial charge in [-0.1, -0.05) is 37.3 Å². The van der Waals surface area contributed by atoms with Gasteiger partial charge in [-0.25, -0.2) is 13.8 Å². The van der Waals surface area contributed by atoms with Gasteiger partial charge in [0.1, 0.15) is 17.3 Å². The number of thiazole rings is 1. The average molecular weight is 405 g/mol. The molecule has 1 amide bonds. The number of nitrogens with one attached hydrogen (secondary N) is 1. The van der Waals surface area contributed by atoms with Gasteiger partial charge in [0.15, 0.2) is 5.13 Å². The maximum atomic E-state index is 13.8. The van der Waals surface area contributed by atoms with E-state index in [-0.39, 0.29) is 23.1 Å². The first-order chi connectivity index (χ1) is 13.0. The number of benzene rings is 1.